The summed E-state index contributed by atoms with van der Waals surface area (Å²) in [6.07, 6.45) is 0.855. The lowest BCUT2D eigenvalue weighted by molar-refractivity contribution is -0.120. The van der Waals surface area contributed by atoms with Crippen LogP contribution in [0.2, 0.25) is 10.0 Å². The van der Waals surface area contributed by atoms with E-state index in [1.54, 1.807) is 19.2 Å². The molecule has 0 aliphatic rings. The number of halogens is 2. The number of rotatable bonds is 7. The number of nitrogens with two attached hydrogens (primary N) is 1. The molecule has 0 bridgehead atoms. The number of nitrogen functional groups attached to an aromatic ring is 1. The summed E-state index contributed by atoms with van der Waals surface area (Å²) >= 11 is 12.1. The number of hydrogen-bond acceptors (Lipinski definition) is 4. The number of nitrogens with zero attached hydrogens (tertiary/aromatic N) is 1. The van der Waals surface area contributed by atoms with Crippen molar-refractivity contribution >= 4 is 40.5 Å². The number of carbonyl (C=O) groups excluding carboxylic acids is 1. The summed E-state index contributed by atoms with van der Waals surface area (Å²) in [6, 6.07) is 2.79. The topological polar surface area (TPSA) is 67.6 Å². The summed E-state index contributed by atoms with van der Waals surface area (Å²) in [5.41, 5.74) is 6.47. The van der Waals surface area contributed by atoms with Crippen molar-refractivity contribution in [3.63, 3.8) is 0 Å². The minimum atomic E-state index is -0.313. The van der Waals surface area contributed by atoms with Gasteiger partial charge in [0.05, 0.1) is 21.8 Å². The van der Waals surface area contributed by atoms with Crippen LogP contribution in [0.4, 0.5) is 11.4 Å². The van der Waals surface area contributed by atoms with E-state index in [9.17, 15) is 4.79 Å². The molecule has 3 N–H and O–H groups in total. The number of amides is 1. The zero-order valence-corrected chi connectivity index (χ0v) is 14.0. The van der Waals surface area contributed by atoms with E-state index < -0.39 is 0 Å². The van der Waals surface area contributed by atoms with Gasteiger partial charge in [-0.1, -0.05) is 23.2 Å². The van der Waals surface area contributed by atoms with Gasteiger partial charge in [-0.2, -0.15) is 0 Å². The first-order chi connectivity index (χ1) is 9.86. The molecule has 1 rings (SSSR count). The highest BCUT2D eigenvalue weighted by Gasteiger charge is 2.20. The molecule has 0 radical (unpaired) electrons. The van der Waals surface area contributed by atoms with Crippen LogP contribution in [0, 0.1) is 0 Å². The van der Waals surface area contributed by atoms with E-state index in [4.69, 9.17) is 33.7 Å². The molecule has 0 saturated carbocycles. The van der Waals surface area contributed by atoms with Gasteiger partial charge >= 0.3 is 0 Å². The molecule has 118 valence electrons. The number of hydrogen-bond donors (Lipinski definition) is 2. The number of ether oxygens (including phenoxy) is 1. The van der Waals surface area contributed by atoms with Crippen LogP contribution in [0.3, 0.4) is 0 Å². The highest BCUT2D eigenvalue weighted by molar-refractivity contribution is 6.40. The van der Waals surface area contributed by atoms with Gasteiger partial charge in [-0.3, -0.25) is 9.69 Å². The zero-order chi connectivity index (χ0) is 16.0. The second-order valence-electron chi connectivity index (χ2n) is 4.85. The Morgan fingerprint density at radius 1 is 1.43 bits per heavy atom. The fourth-order valence-corrected chi connectivity index (χ4v) is 2.39. The lowest BCUT2D eigenvalue weighted by atomic mass is 10.2. The summed E-state index contributed by atoms with van der Waals surface area (Å²) in [5.74, 6) is -0.177. The van der Waals surface area contributed by atoms with Gasteiger partial charge in [0.25, 0.3) is 0 Å². The molecule has 0 aliphatic carbocycles. The van der Waals surface area contributed by atoms with Crippen molar-refractivity contribution in [1.29, 1.82) is 0 Å². The first-order valence-corrected chi connectivity index (χ1v) is 7.37. The van der Waals surface area contributed by atoms with Gasteiger partial charge in [0, 0.05) is 25.9 Å². The Kier molecular flexibility index (Phi) is 7.25. The van der Waals surface area contributed by atoms with Gasteiger partial charge in [0.1, 0.15) is 0 Å². The molecule has 1 atom stereocenters. The Morgan fingerprint density at radius 2 is 2.00 bits per heavy atom. The average Bonchev–Trinajstić information content (AvgIpc) is 2.41. The largest absolute Gasteiger partial charge is 0.399 e. The Balaban J connectivity index is 2.68. The van der Waals surface area contributed by atoms with Gasteiger partial charge < -0.3 is 15.8 Å². The van der Waals surface area contributed by atoms with Gasteiger partial charge in [-0.25, -0.2) is 0 Å². The fraction of sp³-hybridized carbons (Fsp3) is 0.500. The van der Waals surface area contributed by atoms with Crippen LogP contribution in [0.25, 0.3) is 0 Å². The molecule has 1 amide bonds. The standard InChI is InChI=1S/C14H21Cl2N3O2/c1-9(19(2)5-4-6-21-3)14(20)18-13-11(15)7-10(17)8-12(13)16/h7-9H,4-6,17H2,1-3H3,(H,18,20). The van der Waals surface area contributed by atoms with Crippen LogP contribution in [-0.4, -0.2) is 44.2 Å². The third kappa shape index (κ3) is 5.36. The third-order valence-corrected chi connectivity index (χ3v) is 3.81. The van der Waals surface area contributed by atoms with Crippen LogP contribution < -0.4 is 11.1 Å². The summed E-state index contributed by atoms with van der Waals surface area (Å²) < 4.78 is 5.00. The monoisotopic (exact) mass is 333 g/mol. The van der Waals surface area contributed by atoms with Crippen molar-refractivity contribution < 1.29 is 9.53 Å². The van der Waals surface area contributed by atoms with Crippen LogP contribution >= 0.6 is 23.2 Å². The number of likely N-dealkylation sites (N-methyl/N-ethyl adjacent to an activating group) is 1. The minimum Gasteiger partial charge on any atom is -0.399 e. The number of benzene rings is 1. The molecule has 0 fully saturated rings. The van der Waals surface area contributed by atoms with Gasteiger partial charge in [0.2, 0.25) is 5.91 Å². The molecule has 0 aliphatic heterocycles. The van der Waals surface area contributed by atoms with Crippen LogP contribution in [0.15, 0.2) is 12.1 Å². The van der Waals surface area contributed by atoms with Crippen molar-refractivity contribution in [3.8, 4) is 0 Å². The minimum absolute atomic E-state index is 0.177. The summed E-state index contributed by atoms with van der Waals surface area (Å²) in [6.45, 7) is 3.24. The molecular weight excluding hydrogens is 313 g/mol. The Labute approximate surface area is 135 Å². The van der Waals surface area contributed by atoms with E-state index in [-0.39, 0.29) is 11.9 Å². The highest BCUT2D eigenvalue weighted by Crippen LogP contribution is 2.32. The van der Waals surface area contributed by atoms with E-state index in [0.29, 0.717) is 28.0 Å². The SMILES string of the molecule is COCCCN(C)C(C)C(=O)Nc1c(Cl)cc(N)cc1Cl. The average molecular weight is 334 g/mol. The predicted octanol–water partition coefficient (Wildman–Crippen LogP) is 2.87. The summed E-state index contributed by atoms with van der Waals surface area (Å²) in [5, 5.41) is 3.39. The molecule has 7 heteroatoms. The lowest BCUT2D eigenvalue weighted by Crippen LogP contribution is -2.40. The van der Waals surface area contributed by atoms with Crippen molar-refractivity contribution in [2.24, 2.45) is 0 Å². The molecule has 21 heavy (non-hydrogen) atoms. The predicted molar refractivity (Wildman–Crippen MR) is 88.1 cm³/mol. The molecule has 0 spiro atoms. The second kappa shape index (κ2) is 8.44. The zero-order valence-electron chi connectivity index (χ0n) is 12.5. The number of methoxy groups -OCH3 is 1. The Hall–Kier alpha value is -1.01. The van der Waals surface area contributed by atoms with Crippen molar-refractivity contribution in [3.05, 3.63) is 22.2 Å². The van der Waals surface area contributed by atoms with Gasteiger partial charge in [-0.15, -0.1) is 0 Å². The molecule has 1 aromatic rings. The highest BCUT2D eigenvalue weighted by atomic mass is 35.5. The van der Waals surface area contributed by atoms with Gasteiger partial charge in [-0.05, 0) is 32.5 Å². The maximum absolute atomic E-state index is 12.2. The third-order valence-electron chi connectivity index (χ3n) is 3.21. The maximum atomic E-state index is 12.2. The van der Waals surface area contributed by atoms with Crippen LogP contribution in [0.5, 0.6) is 0 Å². The van der Waals surface area contributed by atoms with E-state index in [2.05, 4.69) is 5.32 Å². The van der Waals surface area contributed by atoms with E-state index >= 15 is 0 Å². The van der Waals surface area contributed by atoms with Crippen molar-refractivity contribution in [2.75, 3.05) is 38.4 Å². The van der Waals surface area contributed by atoms with Crippen molar-refractivity contribution in [1.82, 2.24) is 4.90 Å². The van der Waals surface area contributed by atoms with Gasteiger partial charge in [0.15, 0.2) is 0 Å². The first kappa shape index (κ1) is 18.0. The maximum Gasteiger partial charge on any atom is 0.241 e. The summed E-state index contributed by atoms with van der Waals surface area (Å²) in [4.78, 5) is 14.2. The molecule has 0 aromatic heterocycles. The molecule has 0 saturated heterocycles. The molecule has 1 unspecified atom stereocenters. The van der Waals surface area contributed by atoms with Crippen molar-refractivity contribution in [2.45, 2.75) is 19.4 Å². The van der Waals surface area contributed by atoms with E-state index in [0.717, 1.165) is 13.0 Å². The van der Waals surface area contributed by atoms with E-state index in [1.165, 1.54) is 0 Å². The lowest BCUT2D eigenvalue weighted by Gasteiger charge is -2.24. The number of anilines is 2. The summed E-state index contributed by atoms with van der Waals surface area (Å²) in [7, 11) is 3.54. The molecule has 1 aromatic carbocycles. The Bertz CT molecular complexity index is 474. The van der Waals surface area contributed by atoms with Crippen LogP contribution in [-0.2, 0) is 9.53 Å². The fourth-order valence-electron chi connectivity index (χ4n) is 1.79. The first-order valence-electron chi connectivity index (χ1n) is 6.61. The molecule has 5 nitrogen and oxygen atoms in total. The molecular formula is C14H21Cl2N3O2. The second-order valence-corrected chi connectivity index (χ2v) is 5.67. The van der Waals surface area contributed by atoms with E-state index in [1.807, 2.05) is 18.9 Å². The number of carbonyl (C=O) groups is 1. The normalized spacial score (nSPS) is 12.5. The molecule has 0 heterocycles. The smallest absolute Gasteiger partial charge is 0.241 e. The number of nitrogens with one attached hydrogen (secondary N) is 1. The quantitative estimate of drug-likeness (QED) is 0.594. The van der Waals surface area contributed by atoms with Crippen LogP contribution in [0.1, 0.15) is 13.3 Å². The Morgan fingerprint density at radius 3 is 2.52 bits per heavy atom.